The summed E-state index contributed by atoms with van der Waals surface area (Å²) in [6.07, 6.45) is -0.157. The first kappa shape index (κ1) is 21.4. The average molecular weight is 433 g/mol. The zero-order valence-corrected chi connectivity index (χ0v) is 18.1. The van der Waals surface area contributed by atoms with Crippen molar-refractivity contribution in [2.45, 2.75) is 31.7 Å². The van der Waals surface area contributed by atoms with E-state index in [0.29, 0.717) is 24.6 Å². The van der Waals surface area contributed by atoms with Gasteiger partial charge in [-0.2, -0.15) is 4.99 Å². The van der Waals surface area contributed by atoms with Crippen LogP contribution in [0.5, 0.6) is 0 Å². The summed E-state index contributed by atoms with van der Waals surface area (Å²) in [4.78, 5) is 17.5. The Morgan fingerprint density at radius 3 is 2.66 bits per heavy atom. The summed E-state index contributed by atoms with van der Waals surface area (Å²) in [6, 6.07) is 14.2. The molecule has 29 heavy (non-hydrogen) atoms. The van der Waals surface area contributed by atoms with Gasteiger partial charge in [-0.1, -0.05) is 35.6 Å². The number of rotatable bonds is 8. The van der Waals surface area contributed by atoms with Gasteiger partial charge in [-0.05, 0) is 43.7 Å². The van der Waals surface area contributed by atoms with Gasteiger partial charge in [0.05, 0.1) is 27.5 Å². The Hall–Kier alpha value is -2.29. The molecule has 0 atom stereocenters. The van der Waals surface area contributed by atoms with Gasteiger partial charge in [-0.3, -0.25) is 4.79 Å². The van der Waals surface area contributed by atoms with Crippen LogP contribution < -0.4 is 4.80 Å². The maximum atomic E-state index is 12.4. The van der Waals surface area contributed by atoms with E-state index in [1.54, 1.807) is 18.2 Å². The minimum atomic E-state index is -3.51. The Labute approximate surface area is 174 Å². The van der Waals surface area contributed by atoms with E-state index in [1.165, 1.54) is 23.5 Å². The normalized spacial score (nSPS) is 12.6. The summed E-state index contributed by atoms with van der Waals surface area (Å²) < 4.78 is 33.2. The summed E-state index contributed by atoms with van der Waals surface area (Å²) in [6.45, 7) is 5.65. The van der Waals surface area contributed by atoms with Crippen LogP contribution in [-0.2, 0) is 25.9 Å². The molecule has 0 unspecified atom stereocenters. The van der Waals surface area contributed by atoms with Crippen molar-refractivity contribution < 1.29 is 17.9 Å². The van der Waals surface area contributed by atoms with Crippen molar-refractivity contribution in [2.24, 2.45) is 4.99 Å². The van der Waals surface area contributed by atoms with E-state index >= 15 is 0 Å². The first-order chi connectivity index (χ1) is 13.9. The van der Waals surface area contributed by atoms with Gasteiger partial charge >= 0.3 is 0 Å². The lowest BCUT2D eigenvalue weighted by Gasteiger charge is -2.06. The van der Waals surface area contributed by atoms with Crippen LogP contribution in [0.25, 0.3) is 10.2 Å². The molecule has 0 N–H and O–H groups in total. The molecular weight excluding hydrogens is 408 g/mol. The van der Waals surface area contributed by atoms with E-state index < -0.39 is 15.7 Å². The molecule has 1 amide bonds. The minimum Gasteiger partial charge on any atom is -0.380 e. The molecule has 1 heterocycles. The summed E-state index contributed by atoms with van der Waals surface area (Å²) in [5, 5.41) is 0. The number of hydrogen-bond donors (Lipinski definition) is 0. The second-order valence-electron chi connectivity index (χ2n) is 6.59. The molecule has 2 aromatic carbocycles. The molecule has 154 valence electrons. The van der Waals surface area contributed by atoms with E-state index in [1.807, 2.05) is 30.5 Å². The van der Waals surface area contributed by atoms with Crippen molar-refractivity contribution in [1.29, 1.82) is 0 Å². The third-order valence-corrected chi connectivity index (χ3v) is 7.18. The minimum absolute atomic E-state index is 0.157. The van der Waals surface area contributed by atoms with E-state index in [9.17, 15) is 13.2 Å². The third kappa shape index (κ3) is 5.41. The molecule has 3 aromatic rings. The van der Waals surface area contributed by atoms with Crippen LogP contribution in [0.1, 0.15) is 18.9 Å². The lowest BCUT2D eigenvalue weighted by atomic mass is 10.2. The number of carbonyl (C=O) groups excluding carboxylic acids is 1. The Morgan fingerprint density at radius 2 is 1.93 bits per heavy atom. The molecule has 0 spiro atoms. The van der Waals surface area contributed by atoms with Crippen molar-refractivity contribution in [3.8, 4) is 0 Å². The van der Waals surface area contributed by atoms with Crippen LogP contribution in [0.15, 0.2) is 58.4 Å². The Kier molecular flexibility index (Phi) is 7.00. The molecule has 0 radical (unpaired) electrons. The van der Waals surface area contributed by atoms with Gasteiger partial charge in [-0.25, -0.2) is 8.42 Å². The first-order valence-electron chi connectivity index (χ1n) is 9.44. The fourth-order valence-corrected chi connectivity index (χ4v) is 5.33. The highest BCUT2D eigenvalue weighted by molar-refractivity contribution is 7.91. The maximum absolute atomic E-state index is 12.4. The number of aromatic nitrogens is 1. The lowest BCUT2D eigenvalue weighted by Crippen LogP contribution is -2.20. The van der Waals surface area contributed by atoms with E-state index in [0.717, 1.165) is 15.8 Å². The number of thiazole rings is 1. The smallest absolute Gasteiger partial charge is 0.249 e. The van der Waals surface area contributed by atoms with Crippen molar-refractivity contribution >= 4 is 37.3 Å². The lowest BCUT2D eigenvalue weighted by molar-refractivity contribution is -0.117. The zero-order chi connectivity index (χ0) is 20.9. The number of hydrogen-bond acceptors (Lipinski definition) is 5. The van der Waals surface area contributed by atoms with E-state index in [2.05, 4.69) is 11.1 Å². The standard InChI is InChI=1S/C21H24N2O4S2/c1-3-27-13-12-23-18-10-9-16(2)15-19(18)28-21(23)22-20(24)11-14-29(25,26)17-7-5-4-6-8-17/h4-10,15H,3,11-14H2,1-2H3. The molecular formula is C21H24N2O4S2. The second-order valence-corrected chi connectivity index (χ2v) is 9.71. The summed E-state index contributed by atoms with van der Waals surface area (Å²) in [5.74, 6) is -0.708. The summed E-state index contributed by atoms with van der Waals surface area (Å²) in [5.41, 5.74) is 2.12. The van der Waals surface area contributed by atoms with Gasteiger partial charge in [-0.15, -0.1) is 0 Å². The van der Waals surface area contributed by atoms with Crippen molar-refractivity contribution in [1.82, 2.24) is 4.57 Å². The molecule has 0 bridgehead atoms. The number of amides is 1. The molecule has 3 rings (SSSR count). The molecule has 8 heteroatoms. The Bertz CT molecular complexity index is 1160. The predicted molar refractivity (Wildman–Crippen MR) is 115 cm³/mol. The monoisotopic (exact) mass is 432 g/mol. The molecule has 0 aliphatic carbocycles. The van der Waals surface area contributed by atoms with Crippen LogP contribution in [0.3, 0.4) is 0 Å². The first-order valence-corrected chi connectivity index (χ1v) is 11.9. The Morgan fingerprint density at radius 1 is 1.17 bits per heavy atom. The molecule has 1 aromatic heterocycles. The maximum Gasteiger partial charge on any atom is 0.249 e. The Balaban J connectivity index is 1.84. The van der Waals surface area contributed by atoms with Crippen molar-refractivity contribution in [2.75, 3.05) is 19.0 Å². The number of nitrogens with zero attached hydrogens (tertiary/aromatic N) is 2. The quantitative estimate of drug-likeness (QED) is 0.512. The van der Waals surface area contributed by atoms with Gasteiger partial charge in [0.25, 0.3) is 0 Å². The molecule has 0 saturated carbocycles. The van der Waals surface area contributed by atoms with Gasteiger partial charge in [0.1, 0.15) is 0 Å². The highest BCUT2D eigenvalue weighted by atomic mass is 32.2. The van der Waals surface area contributed by atoms with Gasteiger partial charge in [0, 0.05) is 19.6 Å². The number of aryl methyl sites for hydroxylation is 1. The largest absolute Gasteiger partial charge is 0.380 e. The number of sulfone groups is 1. The van der Waals surface area contributed by atoms with Crippen LogP contribution in [-0.4, -0.2) is 37.9 Å². The summed E-state index contributed by atoms with van der Waals surface area (Å²) in [7, 11) is -3.51. The molecule has 6 nitrogen and oxygen atoms in total. The van der Waals surface area contributed by atoms with Crippen LogP contribution in [0, 0.1) is 6.92 Å². The fraction of sp³-hybridized carbons (Fsp3) is 0.333. The molecule has 0 fully saturated rings. The zero-order valence-electron chi connectivity index (χ0n) is 16.5. The average Bonchev–Trinajstić information content (AvgIpc) is 3.03. The van der Waals surface area contributed by atoms with Gasteiger partial charge in [0.2, 0.25) is 5.91 Å². The van der Waals surface area contributed by atoms with Gasteiger partial charge < -0.3 is 9.30 Å². The third-order valence-electron chi connectivity index (χ3n) is 4.41. The molecule has 0 saturated heterocycles. The molecule has 0 aliphatic heterocycles. The number of carbonyl (C=O) groups is 1. The van der Waals surface area contributed by atoms with Crippen LogP contribution in [0.4, 0.5) is 0 Å². The molecule has 0 aliphatic rings. The van der Waals surface area contributed by atoms with E-state index in [-0.39, 0.29) is 17.1 Å². The number of ether oxygens (including phenoxy) is 1. The fourth-order valence-electron chi connectivity index (χ4n) is 2.91. The van der Waals surface area contributed by atoms with Gasteiger partial charge in [0.15, 0.2) is 14.6 Å². The SMILES string of the molecule is CCOCCn1c(=NC(=O)CCS(=O)(=O)c2ccccc2)sc2cc(C)ccc21. The van der Waals surface area contributed by atoms with Crippen molar-refractivity contribution in [3.05, 3.63) is 58.9 Å². The van der Waals surface area contributed by atoms with Crippen LogP contribution in [0.2, 0.25) is 0 Å². The predicted octanol–water partition coefficient (Wildman–Crippen LogP) is 3.34. The van der Waals surface area contributed by atoms with Crippen LogP contribution >= 0.6 is 11.3 Å². The number of fused-ring (bicyclic) bond motifs is 1. The highest BCUT2D eigenvalue weighted by Crippen LogP contribution is 2.19. The highest BCUT2D eigenvalue weighted by Gasteiger charge is 2.16. The van der Waals surface area contributed by atoms with Crippen molar-refractivity contribution in [3.63, 3.8) is 0 Å². The summed E-state index contributed by atoms with van der Waals surface area (Å²) >= 11 is 1.42. The number of benzene rings is 2. The van der Waals surface area contributed by atoms with E-state index in [4.69, 9.17) is 4.74 Å². The topological polar surface area (TPSA) is 77.7 Å². The second kappa shape index (κ2) is 9.47.